The van der Waals surface area contributed by atoms with Crippen molar-refractivity contribution < 1.29 is 9.26 Å². The lowest BCUT2D eigenvalue weighted by atomic mass is 10.2. The maximum Gasteiger partial charge on any atom is 0.319 e. The van der Waals surface area contributed by atoms with Gasteiger partial charge in [-0.1, -0.05) is 5.16 Å². The minimum Gasteiger partial charge on any atom is -0.496 e. The van der Waals surface area contributed by atoms with Crippen LogP contribution in [0.5, 0.6) is 5.75 Å². The lowest BCUT2D eigenvalue weighted by Crippen LogP contribution is -1.87. The highest BCUT2D eigenvalue weighted by Gasteiger charge is 2.08. The van der Waals surface area contributed by atoms with E-state index in [0.717, 1.165) is 15.8 Å². The van der Waals surface area contributed by atoms with Gasteiger partial charge < -0.3 is 15.0 Å². The summed E-state index contributed by atoms with van der Waals surface area (Å²) in [6, 6.07) is 5.53. The van der Waals surface area contributed by atoms with E-state index in [4.69, 9.17) is 10.5 Å². The minimum atomic E-state index is 0.0527. The molecular formula is C9H8BrN3O2. The average molecular weight is 270 g/mol. The number of methoxy groups -OCH3 is 1. The zero-order chi connectivity index (χ0) is 10.8. The van der Waals surface area contributed by atoms with Crippen LogP contribution in [0.4, 0.5) is 6.01 Å². The van der Waals surface area contributed by atoms with Gasteiger partial charge in [-0.15, -0.1) is 0 Å². The molecule has 0 unspecified atom stereocenters. The third-order valence-corrected chi connectivity index (χ3v) is 2.47. The molecule has 5 nitrogen and oxygen atoms in total. The molecule has 0 fully saturated rings. The Morgan fingerprint density at radius 2 is 2.27 bits per heavy atom. The van der Waals surface area contributed by atoms with Gasteiger partial charge in [-0.2, -0.15) is 4.98 Å². The van der Waals surface area contributed by atoms with E-state index >= 15 is 0 Å². The first-order chi connectivity index (χ1) is 7.20. The lowest BCUT2D eigenvalue weighted by Gasteiger charge is -2.03. The molecule has 0 radical (unpaired) electrons. The van der Waals surface area contributed by atoms with Gasteiger partial charge in [-0.05, 0) is 34.1 Å². The topological polar surface area (TPSA) is 74.2 Å². The number of halogens is 1. The van der Waals surface area contributed by atoms with E-state index in [2.05, 4.69) is 30.6 Å². The van der Waals surface area contributed by atoms with Crippen molar-refractivity contribution in [3.05, 3.63) is 22.7 Å². The smallest absolute Gasteiger partial charge is 0.319 e. The van der Waals surface area contributed by atoms with Crippen LogP contribution in [0.2, 0.25) is 0 Å². The molecule has 0 amide bonds. The van der Waals surface area contributed by atoms with Gasteiger partial charge in [0, 0.05) is 5.56 Å². The largest absolute Gasteiger partial charge is 0.496 e. The van der Waals surface area contributed by atoms with Gasteiger partial charge >= 0.3 is 6.01 Å². The monoisotopic (exact) mass is 269 g/mol. The van der Waals surface area contributed by atoms with E-state index in [1.54, 1.807) is 7.11 Å². The van der Waals surface area contributed by atoms with Gasteiger partial charge in [0.05, 0.1) is 11.6 Å². The number of aromatic nitrogens is 2. The van der Waals surface area contributed by atoms with Gasteiger partial charge in [-0.25, -0.2) is 0 Å². The number of nitrogen functional groups attached to an aromatic ring is 1. The number of anilines is 1. The standard InChI is InChI=1S/C9H8BrN3O2/c1-14-7-3-2-5(4-6(7)10)8-12-9(11)15-13-8/h2-4H,1H3,(H2,11,12,13). The van der Waals surface area contributed by atoms with Crippen molar-refractivity contribution in [1.82, 2.24) is 10.1 Å². The number of ether oxygens (including phenoxy) is 1. The zero-order valence-electron chi connectivity index (χ0n) is 7.90. The molecule has 0 saturated carbocycles. The molecule has 78 valence electrons. The van der Waals surface area contributed by atoms with Crippen LogP contribution in [-0.2, 0) is 0 Å². The fourth-order valence-electron chi connectivity index (χ4n) is 1.16. The minimum absolute atomic E-state index is 0.0527. The molecule has 1 aromatic carbocycles. The molecule has 1 heterocycles. The molecular weight excluding hydrogens is 262 g/mol. The van der Waals surface area contributed by atoms with Crippen molar-refractivity contribution in [2.24, 2.45) is 0 Å². The van der Waals surface area contributed by atoms with E-state index in [0.29, 0.717) is 5.82 Å². The average Bonchev–Trinajstić information content (AvgIpc) is 2.65. The summed E-state index contributed by atoms with van der Waals surface area (Å²) in [6.45, 7) is 0. The summed E-state index contributed by atoms with van der Waals surface area (Å²) in [5.74, 6) is 1.20. The number of nitrogens with two attached hydrogens (primary N) is 1. The molecule has 0 saturated heterocycles. The van der Waals surface area contributed by atoms with Gasteiger partial charge in [0.25, 0.3) is 0 Å². The highest BCUT2D eigenvalue weighted by molar-refractivity contribution is 9.10. The molecule has 0 spiro atoms. The van der Waals surface area contributed by atoms with E-state index in [-0.39, 0.29) is 6.01 Å². The van der Waals surface area contributed by atoms with Crippen LogP contribution in [0.3, 0.4) is 0 Å². The van der Waals surface area contributed by atoms with Crippen molar-refractivity contribution in [3.63, 3.8) is 0 Å². The van der Waals surface area contributed by atoms with Crippen molar-refractivity contribution in [2.75, 3.05) is 12.8 Å². The number of hydrogen-bond donors (Lipinski definition) is 1. The predicted molar refractivity (Wildman–Crippen MR) is 58.4 cm³/mol. The van der Waals surface area contributed by atoms with Crippen LogP contribution >= 0.6 is 15.9 Å². The molecule has 0 aliphatic heterocycles. The second-order valence-electron chi connectivity index (χ2n) is 2.81. The number of benzene rings is 1. The summed E-state index contributed by atoms with van der Waals surface area (Å²) in [7, 11) is 1.60. The Balaban J connectivity index is 2.42. The summed E-state index contributed by atoms with van der Waals surface area (Å²) in [5, 5.41) is 3.71. The number of nitrogens with zero attached hydrogens (tertiary/aromatic N) is 2. The zero-order valence-corrected chi connectivity index (χ0v) is 9.48. The van der Waals surface area contributed by atoms with E-state index in [1.807, 2.05) is 18.2 Å². The second kappa shape index (κ2) is 3.90. The number of rotatable bonds is 2. The van der Waals surface area contributed by atoms with E-state index < -0.39 is 0 Å². The van der Waals surface area contributed by atoms with Crippen LogP contribution in [0, 0.1) is 0 Å². The maximum absolute atomic E-state index is 5.33. The van der Waals surface area contributed by atoms with Gasteiger partial charge in [0.15, 0.2) is 0 Å². The van der Waals surface area contributed by atoms with Crippen LogP contribution in [0.1, 0.15) is 0 Å². The third-order valence-electron chi connectivity index (χ3n) is 1.85. The first-order valence-corrected chi connectivity index (χ1v) is 4.93. The Morgan fingerprint density at radius 1 is 1.47 bits per heavy atom. The fourth-order valence-corrected chi connectivity index (χ4v) is 1.70. The predicted octanol–water partition coefficient (Wildman–Crippen LogP) is 2.09. The first-order valence-electron chi connectivity index (χ1n) is 4.14. The molecule has 2 rings (SSSR count). The van der Waals surface area contributed by atoms with Crippen molar-refractivity contribution in [2.45, 2.75) is 0 Å². The molecule has 0 bridgehead atoms. The Labute approximate surface area is 94.4 Å². The molecule has 1 aromatic heterocycles. The van der Waals surface area contributed by atoms with Crippen LogP contribution < -0.4 is 10.5 Å². The Hall–Kier alpha value is -1.56. The van der Waals surface area contributed by atoms with Crippen LogP contribution in [0.15, 0.2) is 27.2 Å². The van der Waals surface area contributed by atoms with Crippen molar-refractivity contribution in [3.8, 4) is 17.1 Å². The molecule has 2 aromatic rings. The first kappa shape index (κ1) is 9.97. The summed E-state index contributed by atoms with van der Waals surface area (Å²) < 4.78 is 10.6. The molecule has 0 aliphatic carbocycles. The number of hydrogen-bond acceptors (Lipinski definition) is 5. The van der Waals surface area contributed by atoms with Gasteiger partial charge in [0.1, 0.15) is 5.75 Å². The Kier molecular flexibility index (Phi) is 2.59. The summed E-state index contributed by atoms with van der Waals surface area (Å²) >= 11 is 3.37. The third kappa shape index (κ3) is 1.94. The maximum atomic E-state index is 5.33. The summed E-state index contributed by atoms with van der Waals surface area (Å²) in [4.78, 5) is 3.92. The normalized spacial score (nSPS) is 10.3. The SMILES string of the molecule is COc1ccc(-c2noc(N)n2)cc1Br. The molecule has 2 N–H and O–H groups in total. The lowest BCUT2D eigenvalue weighted by molar-refractivity contribution is 0.412. The van der Waals surface area contributed by atoms with Crippen LogP contribution in [-0.4, -0.2) is 17.3 Å². The van der Waals surface area contributed by atoms with E-state index in [1.165, 1.54) is 0 Å². The molecule has 0 aliphatic rings. The summed E-state index contributed by atoms with van der Waals surface area (Å²) in [5.41, 5.74) is 6.14. The van der Waals surface area contributed by atoms with Crippen LogP contribution in [0.25, 0.3) is 11.4 Å². The quantitative estimate of drug-likeness (QED) is 0.904. The van der Waals surface area contributed by atoms with Gasteiger partial charge in [0.2, 0.25) is 5.82 Å². The summed E-state index contributed by atoms with van der Waals surface area (Å²) in [6.07, 6.45) is 0. The van der Waals surface area contributed by atoms with Gasteiger partial charge in [-0.3, -0.25) is 0 Å². The highest BCUT2D eigenvalue weighted by Crippen LogP contribution is 2.29. The van der Waals surface area contributed by atoms with Crippen molar-refractivity contribution >= 4 is 21.9 Å². The fraction of sp³-hybridized carbons (Fsp3) is 0.111. The molecule has 6 heteroatoms. The Bertz CT molecular complexity index is 484. The molecule has 0 atom stereocenters. The van der Waals surface area contributed by atoms with E-state index in [9.17, 15) is 0 Å². The molecule has 15 heavy (non-hydrogen) atoms. The Morgan fingerprint density at radius 3 is 2.80 bits per heavy atom. The highest BCUT2D eigenvalue weighted by atomic mass is 79.9. The second-order valence-corrected chi connectivity index (χ2v) is 3.66. The van der Waals surface area contributed by atoms with Crippen molar-refractivity contribution in [1.29, 1.82) is 0 Å².